The van der Waals surface area contributed by atoms with Gasteiger partial charge in [-0.25, -0.2) is 0 Å². The highest BCUT2D eigenvalue weighted by atomic mass is 32.2. The molecule has 0 aromatic rings. The fourth-order valence-corrected chi connectivity index (χ4v) is 2.94. The summed E-state index contributed by atoms with van der Waals surface area (Å²) in [6, 6.07) is 0. The van der Waals surface area contributed by atoms with Gasteiger partial charge in [-0.2, -0.15) is 86.4 Å². The van der Waals surface area contributed by atoms with Crippen molar-refractivity contribution in [3.63, 3.8) is 0 Å². The fraction of sp³-hybridized carbons (Fsp3) is 1.00. The quantitative estimate of drug-likeness (QED) is 0.206. The first-order chi connectivity index (χ1) is 16.8. The molecule has 0 heterocycles. The highest BCUT2D eigenvalue weighted by molar-refractivity contribution is 7.86. The summed E-state index contributed by atoms with van der Waals surface area (Å²) in [5.74, 6) is -5.07. The molecule has 0 spiro atoms. The maximum absolute atomic E-state index is 11.2. The summed E-state index contributed by atoms with van der Waals surface area (Å²) in [6.07, 6.45) is -24.2. The van der Waals surface area contributed by atoms with Crippen LogP contribution in [-0.4, -0.2) is 99.6 Å². The van der Waals surface area contributed by atoms with Crippen molar-refractivity contribution in [1.82, 2.24) is 0 Å². The van der Waals surface area contributed by atoms with Crippen LogP contribution in [0.5, 0.6) is 0 Å². The van der Waals surface area contributed by atoms with Crippen LogP contribution >= 0.6 is 0 Å². The second-order valence-corrected chi connectivity index (χ2v) is 12.9. The molecule has 0 aromatic heterocycles. The predicted octanol–water partition coefficient (Wildman–Crippen LogP) is 3.94. The van der Waals surface area contributed by atoms with Crippen LogP contribution in [0.1, 0.15) is 33.1 Å². The number of alkyl halides is 12. The lowest BCUT2D eigenvalue weighted by atomic mass is 10.5. The lowest BCUT2D eigenvalue weighted by molar-refractivity contribution is -0.131. The lowest BCUT2D eigenvalue weighted by Crippen LogP contribution is -2.15. The minimum atomic E-state index is -4.53. The van der Waals surface area contributed by atoms with Crippen molar-refractivity contribution in [3.8, 4) is 0 Å². The van der Waals surface area contributed by atoms with Crippen LogP contribution in [0.15, 0.2) is 0 Å². The molecule has 0 saturated carbocycles. The maximum atomic E-state index is 11.2. The molecule has 0 saturated heterocycles. The van der Waals surface area contributed by atoms with Crippen LogP contribution < -0.4 is 0 Å². The first-order valence-corrected chi connectivity index (χ1v) is 15.3. The van der Waals surface area contributed by atoms with Gasteiger partial charge in [0.2, 0.25) is 0 Å². The third kappa shape index (κ3) is 73.2. The van der Waals surface area contributed by atoms with Crippen molar-refractivity contribution in [2.45, 2.75) is 57.8 Å². The first-order valence-electron chi connectivity index (χ1n) is 8.90. The zero-order valence-electron chi connectivity index (χ0n) is 18.9. The van der Waals surface area contributed by atoms with Gasteiger partial charge in [-0.1, -0.05) is 7.43 Å². The topological polar surface area (TPSA) is 217 Å². The summed E-state index contributed by atoms with van der Waals surface area (Å²) in [6.45, 7) is 0. The van der Waals surface area contributed by atoms with Crippen molar-refractivity contribution in [2.24, 2.45) is 0 Å². The number of halogens is 12. The third-order valence-corrected chi connectivity index (χ3v) is 5.45. The van der Waals surface area contributed by atoms with E-state index < -0.39 is 114 Å². The Morgan fingerprint density at radius 1 is 0.341 bits per heavy atom. The van der Waals surface area contributed by atoms with Crippen molar-refractivity contribution in [2.75, 3.05) is 23.0 Å². The minimum absolute atomic E-state index is 0. The van der Waals surface area contributed by atoms with Crippen molar-refractivity contribution in [3.05, 3.63) is 0 Å². The summed E-state index contributed by atoms with van der Waals surface area (Å²) < 4.78 is 244. The second-order valence-electron chi connectivity index (χ2n) is 6.60. The molecule has 0 bridgehead atoms. The Morgan fingerprint density at radius 2 is 0.439 bits per heavy atom. The van der Waals surface area contributed by atoms with E-state index in [0.29, 0.717) is 0 Å². The van der Waals surface area contributed by atoms with Gasteiger partial charge in [0.15, 0.2) is 0 Å². The molecule has 256 valence electrons. The predicted molar refractivity (Wildman–Crippen MR) is 115 cm³/mol. The molecule has 0 aliphatic heterocycles. The Kier molecular flexibility index (Phi) is 22.3. The second kappa shape index (κ2) is 18.5. The van der Waals surface area contributed by atoms with E-state index in [2.05, 4.69) is 0 Å². The van der Waals surface area contributed by atoms with Gasteiger partial charge in [0, 0.05) is 0 Å². The molecule has 0 rings (SSSR count). The molecule has 0 radical (unpaired) electrons. The summed E-state index contributed by atoms with van der Waals surface area (Å²) in [5, 5.41) is 0. The van der Waals surface area contributed by atoms with Gasteiger partial charge in [0.25, 0.3) is 40.5 Å². The van der Waals surface area contributed by atoms with Gasteiger partial charge in [0.1, 0.15) is 0 Å². The van der Waals surface area contributed by atoms with Gasteiger partial charge in [0.05, 0.1) is 48.7 Å². The Hall–Kier alpha value is -1.20. The van der Waals surface area contributed by atoms with Crippen molar-refractivity contribution < 1.29 is 105 Å². The Bertz CT molecular complexity index is 952. The van der Waals surface area contributed by atoms with E-state index in [4.69, 9.17) is 18.2 Å². The summed E-state index contributed by atoms with van der Waals surface area (Å²) in [4.78, 5) is 0. The average molecular weight is 729 g/mol. The number of hydrogen-bond acceptors (Lipinski definition) is 8. The van der Waals surface area contributed by atoms with E-state index in [1.165, 1.54) is 0 Å². The molecule has 0 amide bonds. The van der Waals surface area contributed by atoms with E-state index in [1.54, 1.807) is 0 Å². The van der Waals surface area contributed by atoms with Crippen molar-refractivity contribution in [1.29, 1.82) is 0 Å². The number of rotatable bonds is 8. The standard InChI is InChI=1S/4C3H5F3O3S.CH4/c4*4-3(5,6)1-2-10(7,8)9;/h4*1-2H2,(H,7,8,9);1H4. The molecule has 0 aliphatic carbocycles. The van der Waals surface area contributed by atoms with E-state index >= 15 is 0 Å². The molecule has 41 heavy (non-hydrogen) atoms. The summed E-state index contributed by atoms with van der Waals surface area (Å²) >= 11 is 0. The molecule has 12 nitrogen and oxygen atoms in total. The molecule has 4 N–H and O–H groups in total. The SMILES string of the molecule is C.O=S(=O)(O)CCC(F)(F)F.O=S(=O)(O)CCC(F)(F)F.O=S(=O)(O)CCC(F)(F)F.O=S(=O)(O)CCC(F)(F)F. The van der Waals surface area contributed by atoms with Crippen molar-refractivity contribution >= 4 is 40.5 Å². The first kappa shape index (κ1) is 49.5. The fourth-order valence-electron chi connectivity index (χ4n) is 0.979. The van der Waals surface area contributed by atoms with Crippen LogP contribution in [0.25, 0.3) is 0 Å². The van der Waals surface area contributed by atoms with E-state index in [1.807, 2.05) is 0 Å². The monoisotopic (exact) mass is 728 g/mol. The normalized spacial score (nSPS) is 13.3. The average Bonchev–Trinajstić information content (AvgIpc) is 2.59. The highest BCUT2D eigenvalue weighted by Crippen LogP contribution is 2.21. The van der Waals surface area contributed by atoms with E-state index in [9.17, 15) is 86.4 Å². The molecule has 0 fully saturated rings. The zero-order valence-corrected chi connectivity index (χ0v) is 22.1. The summed E-state index contributed by atoms with van der Waals surface area (Å²) in [7, 11) is -17.9. The Morgan fingerprint density at radius 3 is 0.463 bits per heavy atom. The lowest BCUT2D eigenvalue weighted by Gasteiger charge is -2.02. The molecule has 0 atom stereocenters. The van der Waals surface area contributed by atoms with Crippen LogP contribution in [-0.2, 0) is 40.5 Å². The van der Waals surface area contributed by atoms with Crippen LogP contribution in [0.3, 0.4) is 0 Å². The van der Waals surface area contributed by atoms with Gasteiger partial charge in [-0.15, -0.1) is 0 Å². The molecule has 0 unspecified atom stereocenters. The van der Waals surface area contributed by atoms with Crippen LogP contribution in [0.4, 0.5) is 52.7 Å². The smallest absolute Gasteiger partial charge is 0.286 e. The Labute approximate surface area is 226 Å². The van der Waals surface area contributed by atoms with Gasteiger partial charge >= 0.3 is 24.7 Å². The molecular formula is C13H24F12O12S4. The minimum Gasteiger partial charge on any atom is -0.286 e. The van der Waals surface area contributed by atoms with Gasteiger partial charge < -0.3 is 0 Å². The summed E-state index contributed by atoms with van der Waals surface area (Å²) in [5.41, 5.74) is 0. The van der Waals surface area contributed by atoms with Gasteiger partial charge in [-0.05, 0) is 0 Å². The van der Waals surface area contributed by atoms with E-state index in [0.717, 1.165) is 0 Å². The molecule has 0 aromatic carbocycles. The Balaban J connectivity index is -0.000000139. The molecule has 0 aliphatic rings. The largest absolute Gasteiger partial charge is 0.390 e. The number of hydrogen-bond donors (Lipinski definition) is 4. The van der Waals surface area contributed by atoms with Gasteiger partial charge in [-0.3, -0.25) is 18.2 Å². The maximum Gasteiger partial charge on any atom is 0.390 e. The third-order valence-electron chi connectivity index (χ3n) is 2.57. The zero-order chi connectivity index (χ0) is 33.7. The highest BCUT2D eigenvalue weighted by Gasteiger charge is 2.31. The van der Waals surface area contributed by atoms with Crippen LogP contribution in [0.2, 0.25) is 0 Å². The van der Waals surface area contributed by atoms with E-state index in [-0.39, 0.29) is 7.43 Å². The molecular weight excluding hydrogens is 704 g/mol. The van der Waals surface area contributed by atoms with Crippen LogP contribution in [0, 0.1) is 0 Å². The molecule has 28 heteroatoms.